The summed E-state index contributed by atoms with van der Waals surface area (Å²) in [6.45, 7) is 1.79. The van der Waals surface area contributed by atoms with Crippen LogP contribution in [0.25, 0.3) is 0 Å². The first-order valence-electron chi connectivity index (χ1n) is 5.76. The maximum Gasteiger partial charge on any atom is 0.263 e. The van der Waals surface area contributed by atoms with Crippen LogP contribution in [0.4, 0.5) is 8.78 Å². The molecule has 0 aliphatic heterocycles. The molecule has 1 aromatic carbocycles. The van der Waals surface area contributed by atoms with Crippen LogP contribution in [0.5, 0.6) is 0 Å². The van der Waals surface area contributed by atoms with Gasteiger partial charge in [-0.05, 0) is 5.56 Å². The van der Waals surface area contributed by atoms with Crippen LogP contribution in [0.3, 0.4) is 0 Å². The lowest BCUT2D eigenvalue weighted by Gasteiger charge is -2.15. The number of nitrogens with one attached hydrogen (secondary N) is 1. The summed E-state index contributed by atoms with van der Waals surface area (Å²) in [4.78, 5) is 0. The van der Waals surface area contributed by atoms with Gasteiger partial charge in [-0.25, -0.2) is 8.78 Å². The Kier molecular flexibility index (Phi) is 6.78. The highest BCUT2D eigenvalue weighted by Crippen LogP contribution is 2.18. The highest BCUT2D eigenvalue weighted by atomic mass is 19.3. The average molecular weight is 259 g/mol. The Morgan fingerprint density at radius 1 is 1.17 bits per heavy atom. The summed E-state index contributed by atoms with van der Waals surface area (Å²) < 4.78 is 34.9. The molecule has 0 aromatic heterocycles. The van der Waals surface area contributed by atoms with Crippen LogP contribution in [-0.2, 0) is 16.0 Å². The van der Waals surface area contributed by atoms with E-state index in [0.29, 0.717) is 19.7 Å². The minimum atomic E-state index is -2.41. The Hall–Kier alpha value is -1.04. The molecule has 1 rings (SSSR count). The van der Waals surface area contributed by atoms with Gasteiger partial charge in [-0.2, -0.15) is 0 Å². The highest BCUT2D eigenvalue weighted by Gasteiger charge is 2.07. The number of hydrogen-bond donors (Lipinski definition) is 1. The standard InChI is InChI=1S/C13H19F2NO2/c1-17-9-12(18-2)8-16-7-10-3-5-11(6-4-10)13(14)15/h3-6,12-13,16H,7-9H2,1-2H3. The second-order valence-electron chi connectivity index (χ2n) is 3.99. The summed E-state index contributed by atoms with van der Waals surface area (Å²) in [5, 5.41) is 3.19. The zero-order valence-electron chi connectivity index (χ0n) is 10.7. The van der Waals surface area contributed by atoms with Gasteiger partial charge in [0.05, 0.1) is 12.7 Å². The molecule has 0 heterocycles. The number of ether oxygens (including phenoxy) is 2. The maximum absolute atomic E-state index is 12.3. The molecular weight excluding hydrogens is 240 g/mol. The molecule has 3 nitrogen and oxygen atoms in total. The summed E-state index contributed by atoms with van der Waals surface area (Å²) >= 11 is 0. The minimum absolute atomic E-state index is 0.00432. The van der Waals surface area contributed by atoms with Gasteiger partial charge in [-0.15, -0.1) is 0 Å². The molecule has 0 spiro atoms. The SMILES string of the molecule is COCC(CNCc1ccc(C(F)F)cc1)OC. The van der Waals surface area contributed by atoms with Crippen LogP contribution in [-0.4, -0.2) is 33.5 Å². The molecule has 102 valence electrons. The summed E-state index contributed by atoms with van der Waals surface area (Å²) in [6.07, 6.45) is -2.41. The van der Waals surface area contributed by atoms with Crippen molar-refractivity contribution in [3.8, 4) is 0 Å². The van der Waals surface area contributed by atoms with Gasteiger partial charge in [0.1, 0.15) is 0 Å². The number of methoxy groups -OCH3 is 2. The predicted octanol–water partition coefficient (Wildman–Crippen LogP) is 2.38. The fourth-order valence-electron chi connectivity index (χ4n) is 1.55. The Morgan fingerprint density at radius 3 is 2.33 bits per heavy atom. The van der Waals surface area contributed by atoms with E-state index in [1.165, 1.54) is 12.1 Å². The normalized spacial score (nSPS) is 12.9. The number of alkyl halides is 2. The molecule has 0 amide bonds. The van der Waals surface area contributed by atoms with E-state index in [9.17, 15) is 8.78 Å². The van der Waals surface area contributed by atoms with Crippen LogP contribution in [0.2, 0.25) is 0 Å². The van der Waals surface area contributed by atoms with Crippen molar-refractivity contribution >= 4 is 0 Å². The van der Waals surface area contributed by atoms with Crippen molar-refractivity contribution in [2.24, 2.45) is 0 Å². The van der Waals surface area contributed by atoms with Crippen molar-refractivity contribution in [3.05, 3.63) is 35.4 Å². The molecule has 0 saturated carbocycles. The van der Waals surface area contributed by atoms with E-state index in [1.807, 2.05) is 0 Å². The van der Waals surface area contributed by atoms with E-state index >= 15 is 0 Å². The maximum atomic E-state index is 12.3. The van der Waals surface area contributed by atoms with E-state index in [0.717, 1.165) is 5.56 Å². The quantitative estimate of drug-likeness (QED) is 0.777. The number of hydrogen-bond acceptors (Lipinski definition) is 3. The Morgan fingerprint density at radius 2 is 1.83 bits per heavy atom. The lowest BCUT2D eigenvalue weighted by molar-refractivity contribution is 0.0288. The van der Waals surface area contributed by atoms with E-state index in [1.54, 1.807) is 26.4 Å². The zero-order valence-corrected chi connectivity index (χ0v) is 10.7. The second-order valence-corrected chi connectivity index (χ2v) is 3.99. The molecule has 0 saturated heterocycles. The number of benzene rings is 1. The highest BCUT2D eigenvalue weighted by molar-refractivity contribution is 5.23. The van der Waals surface area contributed by atoms with E-state index in [4.69, 9.17) is 9.47 Å². The van der Waals surface area contributed by atoms with Gasteiger partial charge in [-0.3, -0.25) is 0 Å². The lowest BCUT2D eigenvalue weighted by Crippen LogP contribution is -2.31. The zero-order chi connectivity index (χ0) is 13.4. The van der Waals surface area contributed by atoms with Crippen LogP contribution < -0.4 is 5.32 Å². The molecule has 0 aliphatic carbocycles. The van der Waals surface area contributed by atoms with Crippen LogP contribution in [0.15, 0.2) is 24.3 Å². The fourth-order valence-corrected chi connectivity index (χ4v) is 1.55. The van der Waals surface area contributed by atoms with Gasteiger partial charge in [-0.1, -0.05) is 24.3 Å². The van der Waals surface area contributed by atoms with E-state index < -0.39 is 6.43 Å². The smallest absolute Gasteiger partial charge is 0.263 e. The topological polar surface area (TPSA) is 30.5 Å². The molecule has 0 aliphatic rings. The molecule has 0 fully saturated rings. The van der Waals surface area contributed by atoms with Gasteiger partial charge in [0.15, 0.2) is 0 Å². The van der Waals surface area contributed by atoms with Gasteiger partial charge < -0.3 is 14.8 Å². The third-order valence-electron chi connectivity index (χ3n) is 2.62. The summed E-state index contributed by atoms with van der Waals surface area (Å²) in [5.41, 5.74) is 1.01. The van der Waals surface area contributed by atoms with Crippen molar-refractivity contribution in [2.45, 2.75) is 19.1 Å². The molecule has 1 N–H and O–H groups in total. The second kappa shape index (κ2) is 8.13. The van der Waals surface area contributed by atoms with Crippen molar-refractivity contribution in [1.82, 2.24) is 5.32 Å². The Balaban J connectivity index is 2.34. The summed E-state index contributed by atoms with van der Waals surface area (Å²) in [5.74, 6) is 0. The minimum Gasteiger partial charge on any atom is -0.382 e. The Labute approximate surface area is 106 Å². The van der Waals surface area contributed by atoms with Crippen molar-refractivity contribution < 1.29 is 18.3 Å². The van der Waals surface area contributed by atoms with Crippen molar-refractivity contribution in [3.63, 3.8) is 0 Å². The first-order chi connectivity index (χ1) is 8.67. The first kappa shape index (κ1) is 15.0. The summed E-state index contributed by atoms with van der Waals surface area (Å²) in [7, 11) is 3.25. The van der Waals surface area contributed by atoms with E-state index in [2.05, 4.69) is 5.32 Å². The van der Waals surface area contributed by atoms with Gasteiger partial charge in [0.2, 0.25) is 0 Å². The van der Waals surface area contributed by atoms with Crippen LogP contribution in [0.1, 0.15) is 17.6 Å². The van der Waals surface area contributed by atoms with E-state index in [-0.39, 0.29) is 11.7 Å². The molecular formula is C13H19F2NO2. The molecule has 1 unspecified atom stereocenters. The number of rotatable bonds is 8. The summed E-state index contributed by atoms with van der Waals surface area (Å²) in [6, 6.07) is 6.30. The van der Waals surface area contributed by atoms with Crippen molar-refractivity contribution in [2.75, 3.05) is 27.4 Å². The predicted molar refractivity (Wildman–Crippen MR) is 65.8 cm³/mol. The fraction of sp³-hybridized carbons (Fsp3) is 0.538. The van der Waals surface area contributed by atoms with Gasteiger partial charge in [0, 0.05) is 32.9 Å². The number of halogens is 2. The lowest BCUT2D eigenvalue weighted by atomic mass is 10.1. The average Bonchev–Trinajstić information content (AvgIpc) is 2.38. The first-order valence-corrected chi connectivity index (χ1v) is 5.76. The monoisotopic (exact) mass is 259 g/mol. The van der Waals surface area contributed by atoms with Crippen LogP contribution in [0, 0.1) is 0 Å². The largest absolute Gasteiger partial charge is 0.382 e. The van der Waals surface area contributed by atoms with Crippen LogP contribution >= 0.6 is 0 Å². The Bertz CT molecular complexity index is 330. The molecule has 0 bridgehead atoms. The van der Waals surface area contributed by atoms with Gasteiger partial charge >= 0.3 is 0 Å². The molecule has 1 atom stereocenters. The molecule has 1 aromatic rings. The molecule has 5 heteroatoms. The third-order valence-corrected chi connectivity index (χ3v) is 2.62. The third kappa shape index (κ3) is 5.08. The molecule has 0 radical (unpaired) electrons. The van der Waals surface area contributed by atoms with Crippen molar-refractivity contribution in [1.29, 1.82) is 0 Å². The molecule has 18 heavy (non-hydrogen) atoms. The van der Waals surface area contributed by atoms with Gasteiger partial charge in [0.25, 0.3) is 6.43 Å².